The first kappa shape index (κ1) is 14.8. The molecule has 4 rings (SSSR count). The van der Waals surface area contributed by atoms with Gasteiger partial charge in [0.25, 0.3) is 0 Å². The van der Waals surface area contributed by atoms with Gasteiger partial charge in [-0.2, -0.15) is 0 Å². The first-order valence-electron chi connectivity index (χ1n) is 8.33. The first-order chi connectivity index (χ1) is 11.3. The zero-order valence-corrected chi connectivity index (χ0v) is 14.2. The van der Waals surface area contributed by atoms with Crippen LogP contribution in [-0.2, 0) is 19.3 Å². The number of nitrogens with one attached hydrogen (secondary N) is 1. The lowest BCUT2D eigenvalue weighted by atomic mass is 10.1. The molecule has 1 aliphatic carbocycles. The number of hydrogen-bond donors (Lipinski definition) is 1. The topological polar surface area (TPSA) is 47.0 Å². The van der Waals surface area contributed by atoms with E-state index in [0.717, 1.165) is 60.5 Å². The molecular weight excluding hydrogens is 306 g/mol. The Balaban J connectivity index is 1.60. The molecule has 0 bridgehead atoms. The van der Waals surface area contributed by atoms with Crippen LogP contribution >= 0.6 is 11.8 Å². The molecule has 2 heterocycles. The van der Waals surface area contributed by atoms with Gasteiger partial charge in [0.15, 0.2) is 16.7 Å². The van der Waals surface area contributed by atoms with Crippen molar-refractivity contribution in [3.63, 3.8) is 0 Å². The lowest BCUT2D eigenvalue weighted by Gasteiger charge is -2.22. The summed E-state index contributed by atoms with van der Waals surface area (Å²) in [5.74, 6) is 2.73. The van der Waals surface area contributed by atoms with Crippen LogP contribution in [0.2, 0.25) is 0 Å². The van der Waals surface area contributed by atoms with Crippen LogP contribution in [-0.4, -0.2) is 28.4 Å². The van der Waals surface area contributed by atoms with E-state index in [1.165, 1.54) is 11.1 Å². The van der Waals surface area contributed by atoms with E-state index in [2.05, 4.69) is 41.5 Å². The number of hydrogen-bond acceptors (Lipinski definition) is 5. The quantitative estimate of drug-likeness (QED) is 0.688. The van der Waals surface area contributed by atoms with E-state index in [-0.39, 0.29) is 0 Å². The maximum atomic E-state index is 5.88. The summed E-state index contributed by atoms with van der Waals surface area (Å²) in [6.07, 6.45) is 4.11. The van der Waals surface area contributed by atoms with Gasteiger partial charge in [-0.1, -0.05) is 43.0 Å². The van der Waals surface area contributed by atoms with E-state index in [1.54, 1.807) is 11.8 Å². The van der Waals surface area contributed by atoms with Gasteiger partial charge in [0.05, 0.1) is 12.3 Å². The first-order valence-corrected chi connectivity index (χ1v) is 9.32. The number of ether oxygens (including phenoxy) is 1. The van der Waals surface area contributed by atoms with Crippen molar-refractivity contribution in [2.45, 2.75) is 43.8 Å². The van der Waals surface area contributed by atoms with Crippen molar-refractivity contribution in [2.75, 3.05) is 17.7 Å². The van der Waals surface area contributed by atoms with E-state index in [9.17, 15) is 0 Å². The van der Waals surface area contributed by atoms with Crippen molar-refractivity contribution in [3.05, 3.63) is 41.1 Å². The summed E-state index contributed by atoms with van der Waals surface area (Å²) in [6, 6.07) is 9.07. The summed E-state index contributed by atoms with van der Waals surface area (Å²) >= 11 is 1.69. The maximum absolute atomic E-state index is 5.88. The summed E-state index contributed by atoms with van der Waals surface area (Å²) < 4.78 is 5.88. The molecule has 0 unspecified atom stereocenters. The molecule has 1 aromatic carbocycles. The van der Waals surface area contributed by atoms with Gasteiger partial charge in [0.1, 0.15) is 0 Å². The Labute approximate surface area is 141 Å². The van der Waals surface area contributed by atoms with Crippen molar-refractivity contribution < 1.29 is 4.74 Å². The number of aryl methyl sites for hydroxylation is 1. The van der Waals surface area contributed by atoms with Crippen molar-refractivity contribution in [1.82, 2.24) is 9.97 Å². The monoisotopic (exact) mass is 327 g/mol. The number of thioether (sulfide) groups is 1. The molecule has 1 aliphatic heterocycles. The molecule has 0 spiro atoms. The minimum Gasteiger partial charge on any atom is -0.488 e. The zero-order chi connectivity index (χ0) is 15.6. The smallest absolute Gasteiger partial charge is 0.190 e. The van der Waals surface area contributed by atoms with Crippen LogP contribution in [0.15, 0.2) is 29.4 Å². The Morgan fingerprint density at radius 2 is 2.00 bits per heavy atom. The second-order valence-corrected chi connectivity index (χ2v) is 7.27. The lowest BCUT2D eigenvalue weighted by molar-refractivity contribution is 0.283. The minimum absolute atomic E-state index is 0.386. The number of fused-ring (bicyclic) bond motifs is 2. The van der Waals surface area contributed by atoms with Gasteiger partial charge in [0.2, 0.25) is 0 Å². The standard InChI is InChI=1S/C18H21N3OS/c1-2-23-18-20-15-8-5-9-22-16(15)17(21-18)19-14-10-12-6-3-4-7-13(12)11-14/h3-4,6-7,14H,2,5,8-11H2,1H3,(H,19,20,21). The molecule has 0 radical (unpaired) electrons. The largest absolute Gasteiger partial charge is 0.488 e. The van der Waals surface area contributed by atoms with E-state index < -0.39 is 0 Å². The van der Waals surface area contributed by atoms with Gasteiger partial charge in [-0.05, 0) is 42.6 Å². The number of aromatic nitrogens is 2. The number of nitrogens with zero attached hydrogens (tertiary/aromatic N) is 2. The number of rotatable bonds is 4. The second-order valence-electron chi connectivity index (χ2n) is 6.03. The number of anilines is 1. The van der Waals surface area contributed by atoms with Gasteiger partial charge < -0.3 is 10.1 Å². The van der Waals surface area contributed by atoms with Crippen molar-refractivity contribution in [2.24, 2.45) is 0 Å². The molecule has 2 aromatic rings. The van der Waals surface area contributed by atoms with E-state index in [4.69, 9.17) is 9.72 Å². The van der Waals surface area contributed by atoms with Crippen molar-refractivity contribution in [1.29, 1.82) is 0 Å². The Kier molecular flexibility index (Phi) is 4.12. The molecule has 120 valence electrons. The summed E-state index contributed by atoms with van der Waals surface area (Å²) in [4.78, 5) is 9.38. The predicted molar refractivity (Wildman–Crippen MR) is 93.5 cm³/mol. The molecule has 0 saturated heterocycles. The Morgan fingerprint density at radius 1 is 1.22 bits per heavy atom. The Hall–Kier alpha value is -1.75. The molecule has 0 atom stereocenters. The molecular formula is C18H21N3OS. The Bertz CT molecular complexity index is 694. The fourth-order valence-electron chi connectivity index (χ4n) is 3.35. The average molecular weight is 327 g/mol. The normalized spacial score (nSPS) is 16.6. The van der Waals surface area contributed by atoms with Crippen molar-refractivity contribution >= 4 is 17.6 Å². The minimum atomic E-state index is 0.386. The highest BCUT2D eigenvalue weighted by atomic mass is 32.2. The van der Waals surface area contributed by atoms with Gasteiger partial charge in [0, 0.05) is 6.04 Å². The Morgan fingerprint density at radius 3 is 2.74 bits per heavy atom. The highest BCUT2D eigenvalue weighted by molar-refractivity contribution is 7.99. The molecule has 0 fully saturated rings. The van der Waals surface area contributed by atoms with E-state index in [1.807, 2.05) is 0 Å². The molecule has 2 aliphatic rings. The fourth-order valence-corrected chi connectivity index (χ4v) is 3.94. The molecule has 4 nitrogen and oxygen atoms in total. The van der Waals surface area contributed by atoms with Crippen LogP contribution in [0.5, 0.6) is 5.75 Å². The summed E-state index contributed by atoms with van der Waals surface area (Å²) in [7, 11) is 0. The lowest BCUT2D eigenvalue weighted by Crippen LogP contribution is -2.23. The van der Waals surface area contributed by atoms with Gasteiger partial charge in [-0.3, -0.25) is 0 Å². The second kappa shape index (κ2) is 6.40. The average Bonchev–Trinajstić information content (AvgIpc) is 2.97. The molecule has 5 heteroatoms. The predicted octanol–water partition coefficient (Wildman–Crippen LogP) is 3.49. The zero-order valence-electron chi connectivity index (χ0n) is 13.3. The van der Waals surface area contributed by atoms with Crippen LogP contribution in [0.25, 0.3) is 0 Å². The van der Waals surface area contributed by atoms with Gasteiger partial charge >= 0.3 is 0 Å². The van der Waals surface area contributed by atoms with Crippen LogP contribution in [0.1, 0.15) is 30.2 Å². The van der Waals surface area contributed by atoms with Crippen LogP contribution < -0.4 is 10.1 Å². The van der Waals surface area contributed by atoms with Crippen LogP contribution in [0.4, 0.5) is 5.82 Å². The third-order valence-electron chi connectivity index (χ3n) is 4.38. The summed E-state index contributed by atoms with van der Waals surface area (Å²) in [5, 5.41) is 4.48. The van der Waals surface area contributed by atoms with Crippen LogP contribution in [0, 0.1) is 0 Å². The molecule has 0 amide bonds. The van der Waals surface area contributed by atoms with Gasteiger partial charge in [-0.15, -0.1) is 0 Å². The third-order valence-corrected chi connectivity index (χ3v) is 5.11. The van der Waals surface area contributed by atoms with Gasteiger partial charge in [-0.25, -0.2) is 9.97 Å². The molecule has 1 N–H and O–H groups in total. The highest BCUT2D eigenvalue weighted by Crippen LogP contribution is 2.34. The molecule has 23 heavy (non-hydrogen) atoms. The summed E-state index contributed by atoms with van der Waals surface area (Å²) in [5.41, 5.74) is 3.94. The molecule has 1 aromatic heterocycles. The van der Waals surface area contributed by atoms with E-state index in [0.29, 0.717) is 6.04 Å². The highest BCUT2D eigenvalue weighted by Gasteiger charge is 2.25. The fraction of sp³-hybridized carbons (Fsp3) is 0.444. The maximum Gasteiger partial charge on any atom is 0.190 e. The summed E-state index contributed by atoms with van der Waals surface area (Å²) in [6.45, 7) is 2.89. The number of benzene rings is 1. The third kappa shape index (κ3) is 3.02. The SMILES string of the molecule is CCSc1nc2c(c(NC3Cc4ccccc4C3)n1)OCCC2. The van der Waals surface area contributed by atoms with E-state index >= 15 is 0 Å². The van der Waals surface area contributed by atoms with Crippen molar-refractivity contribution in [3.8, 4) is 5.75 Å². The molecule has 0 saturated carbocycles. The van der Waals surface area contributed by atoms with Crippen LogP contribution in [0.3, 0.4) is 0 Å².